The molecular weight excluding hydrogens is 294 g/mol. The molecule has 1 N–H and O–H groups in total. The Kier molecular flexibility index (Phi) is 4.78. The van der Waals surface area contributed by atoms with Crippen molar-refractivity contribution < 1.29 is 18.1 Å². The molecule has 0 bridgehead atoms. The Labute approximate surface area is 124 Å². The van der Waals surface area contributed by atoms with Crippen molar-refractivity contribution in [2.75, 3.05) is 6.54 Å². The highest BCUT2D eigenvalue weighted by atomic mass is 19.3. The number of amides is 1. The van der Waals surface area contributed by atoms with E-state index in [0.29, 0.717) is 11.1 Å². The quantitative estimate of drug-likeness (QED) is 0.916. The molecule has 0 spiro atoms. The van der Waals surface area contributed by atoms with Gasteiger partial charge in [-0.3, -0.25) is 4.79 Å². The maximum absolute atomic E-state index is 12.4. The number of halogens is 2. The Morgan fingerprint density at radius 3 is 2.64 bits per heavy atom. The summed E-state index contributed by atoms with van der Waals surface area (Å²) in [5.74, 6) is -1.33. The maximum Gasteiger partial charge on any atom is 0.315 e. The summed E-state index contributed by atoms with van der Waals surface area (Å²) in [6, 6.07) is 8.10. The number of aromatic nitrogens is 2. The minimum Gasteiger partial charge on any atom is -0.351 e. The van der Waals surface area contributed by atoms with Crippen molar-refractivity contribution >= 4 is 5.91 Å². The molecule has 0 aliphatic rings. The van der Waals surface area contributed by atoms with Gasteiger partial charge in [-0.25, -0.2) is 0 Å². The molecule has 1 aromatic heterocycles. The van der Waals surface area contributed by atoms with Crippen molar-refractivity contribution in [1.82, 2.24) is 15.5 Å². The minimum atomic E-state index is -2.83. The lowest BCUT2D eigenvalue weighted by Gasteiger charge is -2.06. The van der Waals surface area contributed by atoms with Crippen LogP contribution in [0.4, 0.5) is 8.78 Å². The summed E-state index contributed by atoms with van der Waals surface area (Å²) in [7, 11) is 0. The molecule has 0 saturated heterocycles. The number of nitrogens with one attached hydrogen (secondary N) is 1. The molecule has 6 nitrogen and oxygen atoms in total. The van der Waals surface area contributed by atoms with E-state index >= 15 is 0 Å². The standard InChI is InChI=1S/C14H12F2N4O2/c1-8(6-17)7-18-13(21)10-4-2-9(3-5-10)12-19-14(11(15)16)22-20-12/h2-5,8,11H,7H2,1H3,(H,18,21). The fourth-order valence-corrected chi connectivity index (χ4v) is 1.61. The van der Waals surface area contributed by atoms with Crippen LogP contribution in [0.2, 0.25) is 0 Å². The molecule has 0 fully saturated rings. The molecule has 22 heavy (non-hydrogen) atoms. The SMILES string of the molecule is CC(C#N)CNC(=O)c1ccc(-c2noc(C(F)F)n2)cc1. The van der Waals surface area contributed by atoms with E-state index in [-0.39, 0.29) is 24.2 Å². The molecule has 114 valence electrons. The zero-order chi connectivity index (χ0) is 16.1. The van der Waals surface area contributed by atoms with Gasteiger partial charge in [-0.15, -0.1) is 0 Å². The second-order valence-corrected chi connectivity index (χ2v) is 4.57. The highest BCUT2D eigenvalue weighted by molar-refractivity contribution is 5.94. The van der Waals surface area contributed by atoms with Gasteiger partial charge in [-0.2, -0.15) is 19.0 Å². The second kappa shape index (κ2) is 6.76. The fourth-order valence-electron chi connectivity index (χ4n) is 1.61. The van der Waals surface area contributed by atoms with Crippen LogP contribution in [0.3, 0.4) is 0 Å². The van der Waals surface area contributed by atoms with E-state index < -0.39 is 12.3 Å². The van der Waals surface area contributed by atoms with E-state index in [1.54, 1.807) is 6.92 Å². The number of alkyl halides is 2. The average molecular weight is 306 g/mol. The Hall–Kier alpha value is -2.82. The molecule has 0 aliphatic heterocycles. The van der Waals surface area contributed by atoms with Gasteiger partial charge < -0.3 is 9.84 Å². The molecule has 1 aromatic carbocycles. The summed E-state index contributed by atoms with van der Waals surface area (Å²) in [6.07, 6.45) is -2.83. The maximum atomic E-state index is 12.4. The van der Waals surface area contributed by atoms with Crippen molar-refractivity contribution in [3.8, 4) is 17.5 Å². The molecule has 0 radical (unpaired) electrons. The van der Waals surface area contributed by atoms with Crippen LogP contribution in [-0.4, -0.2) is 22.6 Å². The van der Waals surface area contributed by atoms with Crippen LogP contribution in [-0.2, 0) is 0 Å². The third-order valence-corrected chi connectivity index (χ3v) is 2.82. The molecule has 1 heterocycles. The van der Waals surface area contributed by atoms with Gasteiger partial charge in [0.05, 0.1) is 12.0 Å². The lowest BCUT2D eigenvalue weighted by molar-refractivity contribution is 0.0950. The highest BCUT2D eigenvalue weighted by Gasteiger charge is 2.17. The molecule has 0 aliphatic carbocycles. The van der Waals surface area contributed by atoms with Gasteiger partial charge in [-0.1, -0.05) is 17.3 Å². The summed E-state index contributed by atoms with van der Waals surface area (Å²) in [5.41, 5.74) is 0.837. The van der Waals surface area contributed by atoms with Crippen molar-refractivity contribution in [2.45, 2.75) is 13.3 Å². The van der Waals surface area contributed by atoms with Crippen LogP contribution in [0.5, 0.6) is 0 Å². The van der Waals surface area contributed by atoms with Crippen molar-refractivity contribution in [3.05, 3.63) is 35.7 Å². The lowest BCUT2D eigenvalue weighted by atomic mass is 10.1. The summed E-state index contributed by atoms with van der Waals surface area (Å²) in [6.45, 7) is 1.94. The molecule has 1 amide bonds. The zero-order valence-corrected chi connectivity index (χ0v) is 11.6. The fraction of sp³-hybridized carbons (Fsp3) is 0.286. The van der Waals surface area contributed by atoms with E-state index in [1.807, 2.05) is 6.07 Å². The summed E-state index contributed by atoms with van der Waals surface area (Å²) in [4.78, 5) is 15.4. The molecular formula is C14H12F2N4O2. The number of carbonyl (C=O) groups excluding carboxylic acids is 1. The largest absolute Gasteiger partial charge is 0.351 e. The monoisotopic (exact) mass is 306 g/mol. The van der Waals surface area contributed by atoms with Crippen LogP contribution in [0.1, 0.15) is 29.6 Å². The third kappa shape index (κ3) is 3.63. The predicted molar refractivity (Wildman–Crippen MR) is 71.8 cm³/mol. The third-order valence-electron chi connectivity index (χ3n) is 2.82. The molecule has 2 aromatic rings. The summed E-state index contributed by atoms with van der Waals surface area (Å²) in [5, 5.41) is 14.7. The number of nitriles is 1. The lowest BCUT2D eigenvalue weighted by Crippen LogP contribution is -2.27. The second-order valence-electron chi connectivity index (χ2n) is 4.57. The van der Waals surface area contributed by atoms with Crippen molar-refractivity contribution in [1.29, 1.82) is 5.26 Å². The Balaban J connectivity index is 2.06. The molecule has 2 rings (SSSR count). The minimum absolute atomic E-state index is 0.0281. The zero-order valence-electron chi connectivity index (χ0n) is 11.6. The van der Waals surface area contributed by atoms with Gasteiger partial charge in [0.1, 0.15) is 0 Å². The van der Waals surface area contributed by atoms with Gasteiger partial charge in [0.2, 0.25) is 5.82 Å². The predicted octanol–water partition coefficient (Wildman–Crippen LogP) is 2.56. The van der Waals surface area contributed by atoms with Gasteiger partial charge in [-0.05, 0) is 19.1 Å². The average Bonchev–Trinajstić information content (AvgIpc) is 3.02. The van der Waals surface area contributed by atoms with E-state index in [1.165, 1.54) is 24.3 Å². The molecule has 1 atom stereocenters. The number of nitrogens with zero attached hydrogens (tertiary/aromatic N) is 3. The van der Waals surface area contributed by atoms with Crippen LogP contribution < -0.4 is 5.32 Å². The van der Waals surface area contributed by atoms with Gasteiger partial charge in [0.15, 0.2) is 0 Å². The number of benzene rings is 1. The molecule has 1 unspecified atom stereocenters. The van der Waals surface area contributed by atoms with E-state index in [0.717, 1.165) is 0 Å². The summed E-state index contributed by atoms with van der Waals surface area (Å²) < 4.78 is 29.2. The first-order valence-electron chi connectivity index (χ1n) is 6.41. The van der Waals surface area contributed by atoms with Gasteiger partial charge >= 0.3 is 6.43 Å². The Morgan fingerprint density at radius 2 is 2.09 bits per heavy atom. The van der Waals surface area contributed by atoms with Crippen LogP contribution in [0.15, 0.2) is 28.8 Å². The first-order chi connectivity index (χ1) is 10.5. The number of hydrogen-bond donors (Lipinski definition) is 1. The van der Waals surface area contributed by atoms with E-state index in [2.05, 4.69) is 20.0 Å². The Bertz CT molecular complexity index is 692. The van der Waals surface area contributed by atoms with Crippen molar-refractivity contribution in [2.24, 2.45) is 5.92 Å². The van der Waals surface area contributed by atoms with Gasteiger partial charge in [0.25, 0.3) is 11.8 Å². The smallest absolute Gasteiger partial charge is 0.315 e. The normalized spacial score (nSPS) is 12.0. The highest BCUT2D eigenvalue weighted by Crippen LogP contribution is 2.21. The van der Waals surface area contributed by atoms with Crippen molar-refractivity contribution in [3.63, 3.8) is 0 Å². The van der Waals surface area contributed by atoms with Crippen LogP contribution in [0.25, 0.3) is 11.4 Å². The topological polar surface area (TPSA) is 91.8 Å². The van der Waals surface area contributed by atoms with Crippen LogP contribution >= 0.6 is 0 Å². The van der Waals surface area contributed by atoms with Gasteiger partial charge in [0, 0.05) is 17.7 Å². The molecule has 8 heteroatoms. The van der Waals surface area contributed by atoms with E-state index in [4.69, 9.17) is 5.26 Å². The number of rotatable bonds is 5. The summed E-state index contributed by atoms with van der Waals surface area (Å²) >= 11 is 0. The van der Waals surface area contributed by atoms with E-state index in [9.17, 15) is 13.6 Å². The number of hydrogen-bond acceptors (Lipinski definition) is 5. The Morgan fingerprint density at radius 1 is 1.41 bits per heavy atom. The van der Waals surface area contributed by atoms with Crippen LogP contribution in [0, 0.1) is 17.2 Å². The first kappa shape index (κ1) is 15.6. The first-order valence-corrected chi connectivity index (χ1v) is 6.41. The number of carbonyl (C=O) groups is 1. The molecule has 0 saturated carbocycles.